The molecule has 0 saturated carbocycles. The molecule has 0 aliphatic rings. The SMILES string of the molecule is CC/C=C\C/C=C\C/C=C\C/C=C\C/C=C\CCCC(=O)OC[C@H](COP(=O)([O-])OCC[N+](C)(C)C)OC(=O)CCC/C=C\C/C=C\C/C=C\C=C\[C@@H](O)CCCCC. The first-order chi connectivity index (χ1) is 28.4. The Balaban J connectivity index is 4.63. The van der Waals surface area contributed by atoms with Crippen LogP contribution in [0.25, 0.3) is 0 Å². The maximum atomic E-state index is 12.7. The quantitative estimate of drug-likeness (QED) is 0.0162. The van der Waals surface area contributed by atoms with Gasteiger partial charge in [0.1, 0.15) is 19.8 Å². The molecule has 59 heavy (non-hydrogen) atoms. The molecule has 10 nitrogen and oxygen atoms in total. The summed E-state index contributed by atoms with van der Waals surface area (Å²) < 4.78 is 33.7. The number of esters is 2. The Labute approximate surface area is 358 Å². The minimum Gasteiger partial charge on any atom is -0.756 e. The Morgan fingerprint density at radius 1 is 0.644 bits per heavy atom. The highest BCUT2D eigenvalue weighted by atomic mass is 31.2. The highest BCUT2D eigenvalue weighted by Gasteiger charge is 2.21. The van der Waals surface area contributed by atoms with Crippen LogP contribution in [-0.2, 0) is 32.7 Å². The van der Waals surface area contributed by atoms with E-state index in [-0.39, 0.29) is 32.2 Å². The summed E-state index contributed by atoms with van der Waals surface area (Å²) in [5.74, 6) is -1.01. The topological polar surface area (TPSA) is 131 Å². The second kappa shape index (κ2) is 38.8. The van der Waals surface area contributed by atoms with Crippen LogP contribution < -0.4 is 4.89 Å². The molecule has 3 atom stereocenters. The van der Waals surface area contributed by atoms with E-state index in [4.69, 9.17) is 18.5 Å². The molecule has 334 valence electrons. The van der Waals surface area contributed by atoms with Gasteiger partial charge in [0.2, 0.25) is 0 Å². The molecule has 0 rings (SSSR count). The van der Waals surface area contributed by atoms with Crippen molar-refractivity contribution in [2.75, 3.05) is 47.5 Å². The van der Waals surface area contributed by atoms with Gasteiger partial charge in [0.25, 0.3) is 7.82 Å². The molecule has 0 heterocycles. The summed E-state index contributed by atoms with van der Waals surface area (Å²) in [6.07, 6.45) is 48.9. The monoisotopic (exact) mass is 844 g/mol. The minimum atomic E-state index is -4.67. The molecule has 0 aromatic carbocycles. The standard InChI is InChI=1S/C48H78NO9P/c1-6-8-10-11-12-13-14-15-16-17-18-19-22-25-28-31-35-39-47(51)55-43-46(44-57-59(53,54)56-42-41-49(3,4)5)58-48(52)40-36-32-29-26-23-20-21-24-27-30-34-38-45(50)37-33-9-7-2/h8,10,12-13,15-16,18-21,25-30,34,38,45-46,50H,6-7,9,11,14,17,22-24,31-33,35-37,39-44H2,1-5H3/b10-8-,13-12-,16-15-,19-18-,21-20-,28-25-,29-26-,30-27-,38-34+/t45-,46+/m0/s1. The van der Waals surface area contributed by atoms with Crippen LogP contribution in [0.4, 0.5) is 0 Å². The molecule has 1 N–H and O–H groups in total. The zero-order valence-corrected chi connectivity index (χ0v) is 37.9. The zero-order chi connectivity index (χ0) is 43.7. The summed E-state index contributed by atoms with van der Waals surface area (Å²) in [5.41, 5.74) is 0. The second-order valence-corrected chi connectivity index (χ2v) is 16.6. The van der Waals surface area contributed by atoms with Gasteiger partial charge in [-0.05, 0) is 77.0 Å². The van der Waals surface area contributed by atoms with Crippen LogP contribution >= 0.6 is 7.82 Å². The van der Waals surface area contributed by atoms with Gasteiger partial charge in [-0.3, -0.25) is 14.2 Å². The number of phosphoric ester groups is 1. The summed E-state index contributed by atoms with van der Waals surface area (Å²) >= 11 is 0. The van der Waals surface area contributed by atoms with Crippen LogP contribution in [0.1, 0.15) is 123 Å². The van der Waals surface area contributed by atoms with Crippen LogP contribution in [-0.4, -0.2) is 81.2 Å². The highest BCUT2D eigenvalue weighted by molar-refractivity contribution is 7.45. The largest absolute Gasteiger partial charge is 0.756 e. The van der Waals surface area contributed by atoms with Gasteiger partial charge in [-0.1, -0.05) is 142 Å². The lowest BCUT2D eigenvalue weighted by atomic mass is 10.1. The first-order valence-corrected chi connectivity index (χ1v) is 23.2. The van der Waals surface area contributed by atoms with E-state index < -0.39 is 32.5 Å². The number of rotatable bonds is 37. The van der Waals surface area contributed by atoms with Gasteiger partial charge >= 0.3 is 11.9 Å². The number of hydrogen-bond acceptors (Lipinski definition) is 9. The van der Waals surface area contributed by atoms with Gasteiger partial charge in [-0.2, -0.15) is 0 Å². The molecule has 0 aliphatic carbocycles. The lowest BCUT2D eigenvalue weighted by Gasteiger charge is -2.28. The van der Waals surface area contributed by atoms with E-state index in [0.717, 1.165) is 70.6 Å². The molecular formula is C48H78NO9P. The summed E-state index contributed by atoms with van der Waals surface area (Å²) in [6.45, 7) is 3.80. The summed E-state index contributed by atoms with van der Waals surface area (Å²) in [5, 5.41) is 9.91. The number of unbranched alkanes of at least 4 members (excludes halogenated alkanes) is 4. The molecule has 0 aromatic heterocycles. The highest BCUT2D eigenvalue weighted by Crippen LogP contribution is 2.38. The molecule has 0 fully saturated rings. The smallest absolute Gasteiger partial charge is 0.306 e. The molecular weight excluding hydrogens is 765 g/mol. The molecule has 11 heteroatoms. The van der Waals surface area contributed by atoms with Crippen LogP contribution in [0.15, 0.2) is 109 Å². The van der Waals surface area contributed by atoms with Crippen LogP contribution in [0, 0.1) is 0 Å². The average molecular weight is 844 g/mol. The molecule has 0 amide bonds. The Hall–Kier alpha value is -3.37. The minimum absolute atomic E-state index is 0.0648. The maximum absolute atomic E-state index is 12.7. The third-order valence-electron chi connectivity index (χ3n) is 8.38. The average Bonchev–Trinajstić information content (AvgIpc) is 3.18. The van der Waals surface area contributed by atoms with Crippen molar-refractivity contribution >= 4 is 19.8 Å². The van der Waals surface area contributed by atoms with Gasteiger partial charge in [0.05, 0.1) is 33.9 Å². The van der Waals surface area contributed by atoms with E-state index in [1.165, 1.54) is 0 Å². The summed E-state index contributed by atoms with van der Waals surface area (Å²) in [6, 6.07) is 0. The fourth-order valence-electron chi connectivity index (χ4n) is 4.97. The van der Waals surface area contributed by atoms with Gasteiger partial charge in [-0.25, -0.2) is 0 Å². The normalized spacial score (nSPS) is 15.2. The Kier molecular flexibility index (Phi) is 36.6. The molecule has 0 radical (unpaired) electrons. The lowest BCUT2D eigenvalue weighted by Crippen LogP contribution is -2.37. The van der Waals surface area contributed by atoms with Crippen LogP contribution in [0.2, 0.25) is 0 Å². The number of hydrogen-bond donors (Lipinski definition) is 1. The number of aliphatic hydroxyl groups is 1. The van der Waals surface area contributed by atoms with Gasteiger partial charge < -0.3 is 33.0 Å². The second-order valence-electron chi connectivity index (χ2n) is 15.2. The molecule has 0 spiro atoms. The van der Waals surface area contributed by atoms with Crippen molar-refractivity contribution in [3.63, 3.8) is 0 Å². The summed E-state index contributed by atoms with van der Waals surface area (Å²) in [4.78, 5) is 37.5. The van der Waals surface area contributed by atoms with Crippen LogP contribution in [0.3, 0.4) is 0 Å². The number of likely N-dealkylation sites (N-methyl/N-ethyl adjacent to an activating group) is 1. The van der Waals surface area contributed by atoms with E-state index in [1.54, 1.807) is 0 Å². The van der Waals surface area contributed by atoms with Crippen molar-refractivity contribution in [3.8, 4) is 0 Å². The fraction of sp³-hybridized carbons (Fsp3) is 0.583. The van der Waals surface area contributed by atoms with E-state index in [0.29, 0.717) is 36.7 Å². The molecule has 0 aliphatic heterocycles. The number of allylic oxidation sites excluding steroid dienone is 17. The number of phosphoric acid groups is 1. The van der Waals surface area contributed by atoms with E-state index >= 15 is 0 Å². The maximum Gasteiger partial charge on any atom is 0.306 e. The molecule has 1 unspecified atom stereocenters. The lowest BCUT2D eigenvalue weighted by molar-refractivity contribution is -0.870. The fourth-order valence-corrected chi connectivity index (χ4v) is 5.70. The Bertz CT molecular complexity index is 1380. The van der Waals surface area contributed by atoms with E-state index in [9.17, 15) is 24.2 Å². The Morgan fingerprint density at radius 3 is 1.68 bits per heavy atom. The Morgan fingerprint density at radius 2 is 1.15 bits per heavy atom. The third kappa shape index (κ3) is 42.6. The van der Waals surface area contributed by atoms with Crippen molar-refractivity contribution in [1.29, 1.82) is 0 Å². The van der Waals surface area contributed by atoms with Crippen molar-refractivity contribution in [2.45, 2.75) is 135 Å². The van der Waals surface area contributed by atoms with Crippen molar-refractivity contribution in [1.82, 2.24) is 0 Å². The number of carbonyl (C=O) groups excluding carboxylic acids is 2. The van der Waals surface area contributed by atoms with E-state index in [2.05, 4.69) is 80.7 Å². The van der Waals surface area contributed by atoms with Gasteiger partial charge in [0, 0.05) is 12.8 Å². The van der Waals surface area contributed by atoms with Crippen molar-refractivity contribution < 1.29 is 47.2 Å². The number of ether oxygens (including phenoxy) is 2. The molecule has 0 bridgehead atoms. The first-order valence-electron chi connectivity index (χ1n) is 21.7. The number of carbonyl (C=O) groups is 2. The van der Waals surface area contributed by atoms with Gasteiger partial charge in [0.15, 0.2) is 6.10 Å². The molecule has 0 aromatic rings. The number of quaternary nitrogens is 1. The molecule has 0 saturated heterocycles. The number of nitrogens with zero attached hydrogens (tertiary/aromatic N) is 1. The number of aliphatic hydroxyl groups excluding tert-OH is 1. The van der Waals surface area contributed by atoms with Crippen molar-refractivity contribution in [2.24, 2.45) is 0 Å². The summed E-state index contributed by atoms with van der Waals surface area (Å²) in [7, 11) is 1.05. The first kappa shape index (κ1) is 55.6. The van der Waals surface area contributed by atoms with Crippen molar-refractivity contribution in [3.05, 3.63) is 109 Å². The van der Waals surface area contributed by atoms with E-state index in [1.807, 2.05) is 63.7 Å². The zero-order valence-electron chi connectivity index (χ0n) is 37.0. The predicted octanol–water partition coefficient (Wildman–Crippen LogP) is 10.7. The van der Waals surface area contributed by atoms with Gasteiger partial charge in [-0.15, -0.1) is 0 Å². The third-order valence-corrected chi connectivity index (χ3v) is 9.35. The van der Waals surface area contributed by atoms with Crippen LogP contribution in [0.5, 0.6) is 0 Å². The predicted molar refractivity (Wildman–Crippen MR) is 241 cm³/mol.